The molecule has 72 valence electrons. The molecule has 1 atom stereocenters. The summed E-state index contributed by atoms with van der Waals surface area (Å²) in [5.41, 5.74) is 0. The zero-order chi connectivity index (χ0) is 8.93. The van der Waals surface area contributed by atoms with Gasteiger partial charge in [0.2, 0.25) is 0 Å². The molecule has 4 heteroatoms. The number of aromatic nitrogens is 1. The van der Waals surface area contributed by atoms with Crippen LogP contribution < -0.4 is 5.32 Å². The van der Waals surface area contributed by atoms with Crippen LogP contribution in [-0.2, 0) is 11.3 Å². The second-order valence-corrected chi connectivity index (χ2v) is 4.28. The summed E-state index contributed by atoms with van der Waals surface area (Å²) in [4.78, 5) is 4.16. The summed E-state index contributed by atoms with van der Waals surface area (Å²) < 4.78 is 5.57. The van der Waals surface area contributed by atoms with Crippen molar-refractivity contribution in [1.82, 2.24) is 10.3 Å². The zero-order valence-corrected chi connectivity index (χ0v) is 8.35. The summed E-state index contributed by atoms with van der Waals surface area (Å²) >= 11 is 1.65. The fourth-order valence-corrected chi connectivity index (χ4v) is 2.05. The van der Waals surface area contributed by atoms with Crippen LogP contribution in [0.25, 0.3) is 0 Å². The molecule has 13 heavy (non-hydrogen) atoms. The van der Waals surface area contributed by atoms with Crippen LogP contribution in [0.2, 0.25) is 0 Å². The molecule has 0 amide bonds. The predicted molar refractivity (Wildman–Crippen MR) is 52.7 cm³/mol. The Morgan fingerprint density at radius 2 is 2.69 bits per heavy atom. The fraction of sp³-hybridized carbons (Fsp3) is 0.667. The molecule has 0 unspecified atom stereocenters. The summed E-state index contributed by atoms with van der Waals surface area (Å²) in [5.74, 6) is 0.708. The van der Waals surface area contributed by atoms with Gasteiger partial charge in [0.05, 0.1) is 13.2 Å². The van der Waals surface area contributed by atoms with Gasteiger partial charge in [-0.3, -0.25) is 0 Å². The van der Waals surface area contributed by atoms with Crippen molar-refractivity contribution in [2.75, 3.05) is 19.7 Å². The van der Waals surface area contributed by atoms with Gasteiger partial charge in [-0.05, 0) is 18.9 Å². The zero-order valence-electron chi connectivity index (χ0n) is 7.53. The highest BCUT2D eigenvalue weighted by Crippen LogP contribution is 2.10. The van der Waals surface area contributed by atoms with Gasteiger partial charge in [0.15, 0.2) is 0 Å². The molecular formula is C9H14N2OS. The van der Waals surface area contributed by atoms with Crippen LogP contribution in [0.3, 0.4) is 0 Å². The summed E-state index contributed by atoms with van der Waals surface area (Å²) in [6.07, 6.45) is 3.07. The average molecular weight is 198 g/mol. The van der Waals surface area contributed by atoms with Gasteiger partial charge in [-0.2, -0.15) is 0 Å². The first-order chi connectivity index (χ1) is 6.45. The van der Waals surface area contributed by atoms with E-state index in [1.807, 2.05) is 11.6 Å². The molecular weight excluding hydrogens is 184 g/mol. The minimum absolute atomic E-state index is 0.675. The van der Waals surface area contributed by atoms with Crippen LogP contribution in [0.15, 0.2) is 11.6 Å². The van der Waals surface area contributed by atoms with Crippen molar-refractivity contribution in [1.29, 1.82) is 0 Å². The highest BCUT2D eigenvalue weighted by atomic mass is 32.1. The molecule has 1 N–H and O–H groups in total. The van der Waals surface area contributed by atoms with E-state index in [4.69, 9.17) is 4.74 Å². The molecule has 0 radical (unpaired) electrons. The van der Waals surface area contributed by atoms with Crippen LogP contribution >= 0.6 is 11.3 Å². The summed E-state index contributed by atoms with van der Waals surface area (Å²) in [7, 11) is 0. The second-order valence-electron chi connectivity index (χ2n) is 3.30. The molecule has 1 aromatic heterocycles. The van der Waals surface area contributed by atoms with Crippen molar-refractivity contribution in [2.24, 2.45) is 5.92 Å². The van der Waals surface area contributed by atoms with E-state index in [0.29, 0.717) is 12.5 Å². The Balaban J connectivity index is 1.63. The van der Waals surface area contributed by atoms with Gasteiger partial charge >= 0.3 is 0 Å². The second kappa shape index (κ2) is 4.69. The molecule has 0 aliphatic carbocycles. The predicted octanol–water partition coefficient (Wildman–Crippen LogP) is 1.27. The van der Waals surface area contributed by atoms with Crippen molar-refractivity contribution in [3.8, 4) is 0 Å². The normalized spacial score (nSPS) is 22.3. The maximum atomic E-state index is 5.57. The topological polar surface area (TPSA) is 34.1 Å². The van der Waals surface area contributed by atoms with Gasteiger partial charge in [0, 0.05) is 18.1 Å². The van der Waals surface area contributed by atoms with Crippen molar-refractivity contribution >= 4 is 11.3 Å². The first-order valence-corrected chi connectivity index (χ1v) is 5.50. The number of hydrogen-bond donors (Lipinski definition) is 1. The lowest BCUT2D eigenvalue weighted by molar-refractivity contribution is 0.0923. The Kier molecular flexibility index (Phi) is 3.29. The molecule has 1 aromatic rings. The Hall–Kier alpha value is -0.450. The molecule has 0 saturated carbocycles. The smallest absolute Gasteiger partial charge is 0.118 e. The largest absolute Gasteiger partial charge is 0.374 e. The summed E-state index contributed by atoms with van der Waals surface area (Å²) in [6, 6.07) is 0. The van der Waals surface area contributed by atoms with Crippen molar-refractivity contribution in [3.05, 3.63) is 16.6 Å². The van der Waals surface area contributed by atoms with E-state index >= 15 is 0 Å². The van der Waals surface area contributed by atoms with E-state index in [0.717, 1.165) is 24.7 Å². The molecule has 0 aromatic carbocycles. The molecule has 1 fully saturated rings. The first kappa shape index (κ1) is 9.12. The van der Waals surface area contributed by atoms with Crippen LogP contribution in [-0.4, -0.2) is 24.7 Å². The van der Waals surface area contributed by atoms with Gasteiger partial charge < -0.3 is 10.1 Å². The lowest BCUT2D eigenvalue weighted by Crippen LogP contribution is -2.13. The van der Waals surface area contributed by atoms with Crippen molar-refractivity contribution < 1.29 is 4.74 Å². The molecule has 2 rings (SSSR count). The minimum atomic E-state index is 0.675. The quantitative estimate of drug-likeness (QED) is 0.791. The number of thiazole rings is 1. The van der Waals surface area contributed by atoms with Gasteiger partial charge in [-0.25, -0.2) is 4.98 Å². The highest BCUT2D eigenvalue weighted by molar-refractivity contribution is 7.09. The van der Waals surface area contributed by atoms with Crippen molar-refractivity contribution in [2.45, 2.75) is 13.0 Å². The van der Waals surface area contributed by atoms with E-state index in [1.54, 1.807) is 11.3 Å². The van der Waals surface area contributed by atoms with Crippen LogP contribution in [0.5, 0.6) is 0 Å². The molecule has 2 heterocycles. The van der Waals surface area contributed by atoms with E-state index in [9.17, 15) is 0 Å². The molecule has 0 spiro atoms. The Bertz CT molecular complexity index is 232. The lowest BCUT2D eigenvalue weighted by Gasteiger charge is -2.07. The van der Waals surface area contributed by atoms with Gasteiger partial charge in [-0.1, -0.05) is 0 Å². The van der Waals surface area contributed by atoms with Crippen LogP contribution in [0, 0.1) is 5.92 Å². The van der Waals surface area contributed by atoms with Crippen molar-refractivity contribution in [3.63, 3.8) is 0 Å². The number of rotatable bonds is 4. The Labute approximate surface area is 82.1 Å². The molecule has 3 nitrogen and oxygen atoms in total. The van der Waals surface area contributed by atoms with Gasteiger partial charge in [0.1, 0.15) is 5.01 Å². The maximum absolute atomic E-state index is 5.57. The Morgan fingerprint density at radius 3 is 3.38 bits per heavy atom. The third-order valence-corrected chi connectivity index (χ3v) is 2.98. The number of nitrogens with one attached hydrogen (secondary N) is 1. The third kappa shape index (κ3) is 2.76. The van der Waals surface area contributed by atoms with E-state index < -0.39 is 0 Å². The van der Waals surface area contributed by atoms with E-state index in [1.165, 1.54) is 6.42 Å². The lowest BCUT2D eigenvalue weighted by atomic mass is 10.1. The minimum Gasteiger partial charge on any atom is -0.374 e. The maximum Gasteiger partial charge on any atom is 0.118 e. The SMILES string of the molecule is c1csc(COC[C@@H]2CCNC2)n1. The number of hydrogen-bond acceptors (Lipinski definition) is 4. The van der Waals surface area contributed by atoms with Gasteiger partial charge in [-0.15, -0.1) is 11.3 Å². The van der Waals surface area contributed by atoms with E-state index in [-0.39, 0.29) is 0 Å². The fourth-order valence-electron chi connectivity index (χ4n) is 1.49. The number of nitrogens with zero attached hydrogens (tertiary/aromatic N) is 1. The van der Waals surface area contributed by atoms with Crippen LogP contribution in [0.4, 0.5) is 0 Å². The molecule has 1 aliphatic rings. The first-order valence-electron chi connectivity index (χ1n) is 4.62. The van der Waals surface area contributed by atoms with E-state index in [2.05, 4.69) is 10.3 Å². The average Bonchev–Trinajstić information content (AvgIpc) is 2.75. The molecule has 0 bridgehead atoms. The Morgan fingerprint density at radius 1 is 1.69 bits per heavy atom. The number of ether oxygens (including phenoxy) is 1. The third-order valence-electron chi connectivity index (χ3n) is 2.22. The standard InChI is InChI=1S/C9H14N2OS/c1-2-10-5-8(1)6-12-7-9-11-3-4-13-9/h3-4,8,10H,1-2,5-7H2/t8-/m1/s1. The highest BCUT2D eigenvalue weighted by Gasteiger charge is 2.14. The van der Waals surface area contributed by atoms with Gasteiger partial charge in [0.25, 0.3) is 0 Å². The van der Waals surface area contributed by atoms with Crippen LogP contribution in [0.1, 0.15) is 11.4 Å². The monoisotopic (exact) mass is 198 g/mol. The summed E-state index contributed by atoms with van der Waals surface area (Å²) in [5, 5.41) is 6.38. The summed E-state index contributed by atoms with van der Waals surface area (Å²) in [6.45, 7) is 3.80. The molecule has 1 saturated heterocycles. The molecule has 1 aliphatic heterocycles.